The molecule has 0 N–H and O–H groups in total. The van der Waals surface area contributed by atoms with Crippen LogP contribution in [0.2, 0.25) is 0 Å². The van der Waals surface area contributed by atoms with Crippen molar-refractivity contribution < 1.29 is 51.0 Å². The first kappa shape index (κ1) is 18.9. The summed E-state index contributed by atoms with van der Waals surface area (Å²) < 4.78 is 2.18. The molecular formula is C13H7Br2Cl2Zr. The number of hydrogen-bond donors (Lipinski definition) is 0. The molecule has 0 atom stereocenters. The predicted molar refractivity (Wildman–Crippen MR) is 68.9 cm³/mol. The van der Waals surface area contributed by atoms with Gasteiger partial charge in [0.2, 0.25) is 0 Å². The number of halogens is 4. The third-order valence-corrected chi connectivity index (χ3v) is 3.67. The average Bonchev–Trinajstić information content (AvgIpc) is 2.53. The molecule has 0 unspecified atom stereocenters. The molecule has 0 heterocycles. The van der Waals surface area contributed by atoms with Gasteiger partial charge in [-0.3, -0.25) is 0 Å². The van der Waals surface area contributed by atoms with Gasteiger partial charge in [0.15, 0.2) is 0 Å². The van der Waals surface area contributed by atoms with E-state index in [-0.39, 0.29) is 51.0 Å². The molecule has 18 heavy (non-hydrogen) atoms. The molecule has 0 nitrogen and oxygen atoms in total. The maximum absolute atomic E-state index is 3.50. The summed E-state index contributed by atoms with van der Waals surface area (Å²) in [6, 6.07) is 14.0. The SMILES string of the molecule is Brc1[c-]c2c(cc1)-c1ccc(Br)cc1C2.[Cl-].[Cl-].[Zr+3]. The Morgan fingerprint density at radius 3 is 2.33 bits per heavy atom. The first-order chi connectivity index (χ1) is 7.24. The minimum absolute atomic E-state index is 0. The van der Waals surface area contributed by atoms with Crippen molar-refractivity contribution in [1.82, 2.24) is 0 Å². The van der Waals surface area contributed by atoms with Gasteiger partial charge in [-0.05, 0) is 24.1 Å². The summed E-state index contributed by atoms with van der Waals surface area (Å²) in [6.07, 6.45) is 0.990. The van der Waals surface area contributed by atoms with Gasteiger partial charge in [0.05, 0.1) is 0 Å². The Morgan fingerprint density at radius 2 is 1.61 bits per heavy atom. The summed E-state index contributed by atoms with van der Waals surface area (Å²) in [7, 11) is 0. The van der Waals surface area contributed by atoms with Gasteiger partial charge in [-0.2, -0.15) is 18.2 Å². The van der Waals surface area contributed by atoms with Crippen LogP contribution in [-0.4, -0.2) is 0 Å². The molecule has 5 heteroatoms. The number of hydrogen-bond acceptors (Lipinski definition) is 0. The van der Waals surface area contributed by atoms with Gasteiger partial charge in [0.25, 0.3) is 0 Å². The maximum atomic E-state index is 3.50. The largest absolute Gasteiger partial charge is 3.00 e. The Balaban J connectivity index is 0.000000963. The Kier molecular flexibility index (Phi) is 7.96. The van der Waals surface area contributed by atoms with Crippen molar-refractivity contribution in [3.63, 3.8) is 0 Å². The molecule has 0 aliphatic heterocycles. The Morgan fingerprint density at radius 1 is 0.944 bits per heavy atom. The van der Waals surface area contributed by atoms with E-state index < -0.39 is 0 Å². The molecule has 1 radical (unpaired) electrons. The van der Waals surface area contributed by atoms with Crippen LogP contribution in [0.15, 0.2) is 39.3 Å². The van der Waals surface area contributed by atoms with E-state index in [1.54, 1.807) is 0 Å². The van der Waals surface area contributed by atoms with E-state index in [1.807, 2.05) is 0 Å². The first-order valence-electron chi connectivity index (χ1n) is 4.73. The zero-order chi connectivity index (χ0) is 10.4. The van der Waals surface area contributed by atoms with Crippen molar-refractivity contribution in [1.29, 1.82) is 0 Å². The van der Waals surface area contributed by atoms with Crippen LogP contribution in [-0.2, 0) is 32.6 Å². The predicted octanol–water partition coefficient (Wildman–Crippen LogP) is -1.41. The molecule has 3 rings (SSSR count). The summed E-state index contributed by atoms with van der Waals surface area (Å²) in [6.45, 7) is 0. The Labute approximate surface area is 155 Å². The fourth-order valence-corrected chi connectivity index (χ4v) is 2.84. The molecule has 2 aromatic rings. The monoisotopic (exact) mass is 481 g/mol. The minimum Gasteiger partial charge on any atom is -1.00 e. The first-order valence-corrected chi connectivity index (χ1v) is 6.32. The normalized spacial score (nSPS) is 10.3. The van der Waals surface area contributed by atoms with Crippen molar-refractivity contribution >= 4 is 31.9 Å². The van der Waals surface area contributed by atoms with E-state index in [0.29, 0.717) is 0 Å². The second kappa shape index (κ2) is 7.59. The van der Waals surface area contributed by atoms with Crippen molar-refractivity contribution in [3.05, 3.63) is 56.5 Å². The van der Waals surface area contributed by atoms with E-state index in [4.69, 9.17) is 0 Å². The van der Waals surface area contributed by atoms with Crippen molar-refractivity contribution in [2.45, 2.75) is 6.42 Å². The zero-order valence-electron chi connectivity index (χ0n) is 9.11. The van der Waals surface area contributed by atoms with Gasteiger partial charge >= 0.3 is 26.2 Å². The van der Waals surface area contributed by atoms with Gasteiger partial charge in [-0.15, -0.1) is 11.1 Å². The zero-order valence-corrected chi connectivity index (χ0v) is 16.2. The third-order valence-electron chi connectivity index (χ3n) is 2.72. The molecule has 0 amide bonds. The van der Waals surface area contributed by atoms with Crippen LogP contribution >= 0.6 is 31.9 Å². The summed E-state index contributed by atoms with van der Waals surface area (Å²) in [5.74, 6) is 0. The average molecular weight is 485 g/mol. The molecule has 0 saturated carbocycles. The quantitative estimate of drug-likeness (QED) is 0.344. The van der Waals surface area contributed by atoms with E-state index in [1.165, 1.54) is 22.3 Å². The van der Waals surface area contributed by atoms with Crippen molar-refractivity contribution in [3.8, 4) is 11.1 Å². The van der Waals surface area contributed by atoms with E-state index in [9.17, 15) is 0 Å². The van der Waals surface area contributed by atoms with Crippen LogP contribution < -0.4 is 24.8 Å². The van der Waals surface area contributed by atoms with Gasteiger partial charge < -0.3 is 24.8 Å². The molecule has 0 fully saturated rings. The molecule has 2 aromatic carbocycles. The van der Waals surface area contributed by atoms with Crippen LogP contribution in [0, 0.1) is 6.07 Å². The van der Waals surface area contributed by atoms with Crippen LogP contribution in [0.5, 0.6) is 0 Å². The maximum Gasteiger partial charge on any atom is 3.00 e. The van der Waals surface area contributed by atoms with Gasteiger partial charge in [-0.1, -0.05) is 48.0 Å². The van der Waals surface area contributed by atoms with Gasteiger partial charge in [0, 0.05) is 4.47 Å². The van der Waals surface area contributed by atoms with Crippen molar-refractivity contribution in [2.24, 2.45) is 0 Å². The molecular weight excluding hydrogens is 478 g/mol. The molecule has 1 aliphatic rings. The standard InChI is InChI=1S/C13H7Br2.2ClH.Zr/c14-10-1-3-12-8(6-10)5-9-7-11(15)2-4-13(9)12;;;/h1-4,6H,5H2;2*1H;/q-1;;;+3/p-2. The molecule has 91 valence electrons. The Bertz CT molecular complexity index is 509. The third kappa shape index (κ3) is 3.49. The topological polar surface area (TPSA) is 0 Å². The molecule has 0 aromatic heterocycles. The van der Waals surface area contributed by atoms with Crippen molar-refractivity contribution in [2.75, 3.05) is 0 Å². The molecule has 0 spiro atoms. The van der Waals surface area contributed by atoms with Crippen LogP contribution in [0.25, 0.3) is 11.1 Å². The number of fused-ring (bicyclic) bond motifs is 3. The van der Waals surface area contributed by atoms with Gasteiger partial charge in [-0.25, -0.2) is 0 Å². The molecule has 0 saturated heterocycles. The van der Waals surface area contributed by atoms with Crippen LogP contribution in [0.4, 0.5) is 0 Å². The summed E-state index contributed by atoms with van der Waals surface area (Å²) in [4.78, 5) is 0. The fourth-order valence-electron chi connectivity index (χ4n) is 2.06. The van der Waals surface area contributed by atoms with Crippen LogP contribution in [0.1, 0.15) is 11.1 Å². The number of benzene rings is 2. The Hall–Kier alpha value is 0.863. The van der Waals surface area contributed by atoms with Crippen LogP contribution in [0.3, 0.4) is 0 Å². The summed E-state index contributed by atoms with van der Waals surface area (Å²) in [5.41, 5.74) is 5.34. The van der Waals surface area contributed by atoms with Gasteiger partial charge in [0.1, 0.15) is 0 Å². The molecule has 1 aliphatic carbocycles. The van der Waals surface area contributed by atoms with E-state index in [0.717, 1.165) is 15.4 Å². The fraction of sp³-hybridized carbons (Fsp3) is 0.0769. The van der Waals surface area contributed by atoms with E-state index in [2.05, 4.69) is 68.3 Å². The minimum atomic E-state index is 0. The number of rotatable bonds is 0. The second-order valence-corrected chi connectivity index (χ2v) is 5.45. The molecule has 0 bridgehead atoms. The smallest absolute Gasteiger partial charge is 1.00 e. The summed E-state index contributed by atoms with van der Waals surface area (Å²) >= 11 is 6.96. The second-order valence-electron chi connectivity index (χ2n) is 3.68. The summed E-state index contributed by atoms with van der Waals surface area (Å²) in [5, 5.41) is 0. The van der Waals surface area contributed by atoms with E-state index >= 15 is 0 Å².